The Morgan fingerprint density at radius 3 is 1.06 bits per heavy atom. The number of rotatable bonds is 20. The first-order chi connectivity index (χ1) is 66.8. The molecule has 4 N–H and O–H groups in total. The van der Waals surface area contributed by atoms with Crippen LogP contribution in [0.25, 0.3) is 131 Å². The van der Waals surface area contributed by atoms with Crippen LogP contribution >= 0.6 is 45.3 Å². The van der Waals surface area contributed by atoms with Gasteiger partial charge in [-0.25, -0.2) is 52.7 Å². The number of para-hydroxylation sites is 2. The first kappa shape index (κ1) is 90.9. The van der Waals surface area contributed by atoms with E-state index in [-0.39, 0.29) is 73.6 Å². The van der Waals surface area contributed by atoms with Crippen molar-refractivity contribution in [1.29, 1.82) is 0 Å². The van der Waals surface area contributed by atoms with Crippen molar-refractivity contribution in [3.8, 4) is 88.3 Å². The van der Waals surface area contributed by atoms with Crippen LogP contribution in [0.5, 0.6) is 46.0 Å². The van der Waals surface area contributed by atoms with Gasteiger partial charge >= 0.3 is 23.9 Å². The van der Waals surface area contributed by atoms with Crippen molar-refractivity contribution in [2.75, 3.05) is 13.6 Å². The Bertz CT molecular complexity index is 8430. The molecule has 0 spiro atoms. The molecule has 21 nitrogen and oxygen atoms in total. The normalized spacial score (nSPS) is 11.8. The average Bonchev–Trinajstić information content (AvgIpc) is 1.46. The van der Waals surface area contributed by atoms with E-state index in [2.05, 4.69) is 55.1 Å². The first-order valence-corrected chi connectivity index (χ1v) is 46.9. The molecule has 2 aliphatic heterocycles. The summed E-state index contributed by atoms with van der Waals surface area (Å²) in [5, 5.41) is 46.8. The van der Waals surface area contributed by atoms with E-state index in [9.17, 15) is 48.4 Å². The van der Waals surface area contributed by atoms with Gasteiger partial charge < -0.3 is 58.3 Å². The van der Waals surface area contributed by atoms with Crippen LogP contribution in [0, 0.1) is 73.6 Å². The summed E-state index contributed by atoms with van der Waals surface area (Å²) in [4.78, 5) is 76.5. The number of ether oxygens (including phenoxy) is 8. The topological polar surface area (TPSA) is 279 Å². The molecule has 8 aromatic heterocycles. The van der Waals surface area contributed by atoms with Crippen molar-refractivity contribution < 1.29 is 86.3 Å². The fraction of sp³-hybridized carbons (Fsp3) is 0.126. The minimum absolute atomic E-state index is 0.0181. The van der Waals surface area contributed by atoms with Gasteiger partial charge in [-0.15, -0.1) is 45.3 Å². The number of nitrogens with zero attached hydrogens (tertiary/aromatic N) is 5. The lowest BCUT2D eigenvalue weighted by molar-refractivity contribution is 0.0688. The number of aromatic carboxylic acids is 4. The Morgan fingerprint density at radius 2 is 0.674 bits per heavy atom. The Kier molecular flexibility index (Phi) is 25.2. The third-order valence-corrected chi connectivity index (χ3v) is 29.5. The fourth-order valence-corrected chi connectivity index (χ4v) is 21.9. The molecule has 0 atom stereocenters. The van der Waals surface area contributed by atoms with Gasteiger partial charge in [0, 0.05) is 24.4 Å². The average molecular weight is 1910 g/mol. The molecule has 12 aromatic carbocycles. The summed E-state index contributed by atoms with van der Waals surface area (Å²) in [5.41, 5.74) is 15.8. The van der Waals surface area contributed by atoms with Crippen molar-refractivity contribution >= 4 is 159 Å². The van der Waals surface area contributed by atoms with Crippen LogP contribution in [0.15, 0.2) is 249 Å². The third-order valence-electron chi connectivity index (χ3n) is 24.3. The second-order valence-corrected chi connectivity index (χ2v) is 37.2. The molecule has 0 fully saturated rings. The number of thiophene rings is 4. The zero-order chi connectivity index (χ0) is 96.0. The van der Waals surface area contributed by atoms with Crippen LogP contribution in [-0.4, -0.2) is 77.8 Å². The molecule has 0 amide bonds. The van der Waals surface area contributed by atoms with Gasteiger partial charge in [-0.1, -0.05) is 146 Å². The lowest BCUT2D eigenvalue weighted by atomic mass is 10.0. The summed E-state index contributed by atoms with van der Waals surface area (Å²) >= 11 is 6.42. The molecule has 138 heavy (non-hydrogen) atoms. The van der Waals surface area contributed by atoms with E-state index >= 15 is 0 Å². The van der Waals surface area contributed by atoms with Crippen molar-refractivity contribution in [3.63, 3.8) is 0 Å². The van der Waals surface area contributed by atoms with Gasteiger partial charge in [0.1, 0.15) is 61.1 Å². The van der Waals surface area contributed by atoms with Gasteiger partial charge in [-0.05, 0) is 236 Å². The molecule has 10 heterocycles. The Balaban J connectivity index is 0.000000118. The lowest BCUT2D eigenvalue weighted by Crippen LogP contribution is -2.06. The second kappa shape index (κ2) is 38.3. The SMILES string of the molecule is Cc1c(-c2cc(C(=O)O)c3c(OCc4c(F)cccc4F)ccc(C)c3n2)sc2ccccc12.Cc1c(-c2cc(C(=O)O)c3c(OCc4ccc5c(c4)OCO5)ccc(C)c3n2)sc2ccccc12.Cc1c(-c2cc(C(=O)O)c3c(OCc4cccc5c4OCO5)ccc(C)c3n2)sc2ccccc12.[C-]#[N+]c1ccccc1COc1ccc(C)c2nc(-c3sc4ccccc4c3C)cc(C(=O)O)c12. The number of aryl methyl sites for hydroxylation is 8. The molecule has 0 radical (unpaired) electrons. The van der Waals surface area contributed by atoms with Crippen molar-refractivity contribution in [2.45, 2.75) is 81.8 Å². The van der Waals surface area contributed by atoms with E-state index in [4.69, 9.17) is 64.4 Å². The van der Waals surface area contributed by atoms with E-state index < -0.39 is 35.5 Å². The summed E-state index contributed by atoms with van der Waals surface area (Å²) in [6.45, 7) is 23.7. The molecule has 684 valence electrons. The molecule has 0 unspecified atom stereocenters. The number of halogens is 2. The van der Waals surface area contributed by atoms with Crippen molar-refractivity contribution in [1.82, 2.24) is 19.9 Å². The second-order valence-electron chi connectivity index (χ2n) is 33.0. The predicted octanol–water partition coefficient (Wildman–Crippen LogP) is 28.3. The Labute approximate surface area is 804 Å². The fourth-order valence-electron chi connectivity index (χ4n) is 17.2. The third kappa shape index (κ3) is 17.6. The van der Waals surface area contributed by atoms with E-state index in [1.165, 1.54) is 6.07 Å². The minimum Gasteiger partial charge on any atom is -0.489 e. The van der Waals surface area contributed by atoms with E-state index in [1.54, 1.807) is 99.9 Å². The van der Waals surface area contributed by atoms with E-state index in [0.29, 0.717) is 112 Å². The van der Waals surface area contributed by atoms with Crippen molar-refractivity contribution in [2.24, 2.45) is 0 Å². The molecule has 2 aliphatic rings. The molecule has 0 saturated carbocycles. The van der Waals surface area contributed by atoms with Crippen molar-refractivity contribution in [3.05, 3.63) is 361 Å². The quantitative estimate of drug-likeness (QED) is 0.0516. The van der Waals surface area contributed by atoms with Gasteiger partial charge in [-0.3, -0.25) is 0 Å². The maximum atomic E-state index is 14.1. The van der Waals surface area contributed by atoms with Crippen LogP contribution in [0.4, 0.5) is 14.5 Å². The first-order valence-electron chi connectivity index (χ1n) is 43.6. The summed E-state index contributed by atoms with van der Waals surface area (Å²) < 4.78 is 78.6. The van der Waals surface area contributed by atoms with E-state index in [0.717, 1.165) is 133 Å². The number of pyridine rings is 4. The van der Waals surface area contributed by atoms with Gasteiger partial charge in [-0.2, -0.15) is 0 Å². The Morgan fingerprint density at radius 1 is 0.348 bits per heavy atom. The number of carboxylic acid groups (broad SMARTS) is 4. The highest BCUT2D eigenvalue weighted by Crippen LogP contribution is 2.48. The number of aromatic nitrogens is 4. The Hall–Kier alpha value is -16.3. The monoisotopic (exact) mass is 1910 g/mol. The van der Waals surface area contributed by atoms with Gasteiger partial charge in [0.05, 0.1) is 120 Å². The highest BCUT2D eigenvalue weighted by molar-refractivity contribution is 7.23. The standard InChI is InChI=1S/C28H20N2O3S.2C28H21NO5S.C27H19F2NO3S/c1-16-12-13-23(33-15-18-8-4-6-10-21(18)29-3)25-20(28(31)32)14-22(30-26(16)25)27-17(2)19-9-5-7-11-24(19)34-27;1-15-10-11-21(32-13-17-6-5-8-22-26(17)34-14-33-22)24-19(28(30)31)12-20(29-25(15)24)27-16(2)18-7-3-4-9-23(18)35-27;1-15-7-9-22(32-13-17-8-10-21-23(11-17)34-14-33-21)25-19(28(30)31)12-20(29-26(15)25)27-16(2)18-5-3-4-6-24(18)35-27;1-14-10-11-22(33-13-18-19(28)7-5-8-20(18)29)24-17(27(31)32)12-21(30-25(14)24)26-15(2)16-6-3-4-9-23(16)34-26/h4-14H,15H2,1-2H3,(H,31,32);2*3-12H,13-14H2,1-2H3,(H,30,31);3-12H,13H2,1-2H3,(H,31,32). The molecular weight excluding hydrogens is 1830 g/mol. The number of benzene rings is 12. The highest BCUT2D eigenvalue weighted by Gasteiger charge is 2.29. The zero-order valence-corrected chi connectivity index (χ0v) is 78.5. The number of fused-ring (bicyclic) bond motifs is 10. The smallest absolute Gasteiger partial charge is 0.336 e. The van der Waals surface area contributed by atoms with Gasteiger partial charge in [0.15, 0.2) is 28.7 Å². The maximum Gasteiger partial charge on any atom is 0.336 e. The number of hydrogen-bond acceptors (Lipinski definition) is 20. The van der Waals surface area contributed by atoms with Crippen LogP contribution in [-0.2, 0) is 26.4 Å². The van der Waals surface area contributed by atoms with Gasteiger partial charge in [0.2, 0.25) is 13.6 Å². The van der Waals surface area contributed by atoms with Crippen LogP contribution in [0.1, 0.15) is 108 Å². The lowest BCUT2D eigenvalue weighted by Gasteiger charge is -2.15. The molecule has 0 bridgehead atoms. The molecule has 0 aliphatic carbocycles. The number of hydrogen-bond donors (Lipinski definition) is 4. The number of carbonyl (C=O) groups is 4. The van der Waals surface area contributed by atoms with Gasteiger partial charge in [0.25, 0.3) is 0 Å². The summed E-state index contributed by atoms with van der Waals surface area (Å²) in [6.07, 6.45) is 0. The maximum absolute atomic E-state index is 14.1. The molecule has 20 aromatic rings. The molecule has 27 heteroatoms. The number of carboxylic acids is 4. The van der Waals surface area contributed by atoms with Crippen LogP contribution < -0.4 is 37.9 Å². The predicted molar refractivity (Wildman–Crippen MR) is 538 cm³/mol. The van der Waals surface area contributed by atoms with E-state index in [1.807, 2.05) is 181 Å². The summed E-state index contributed by atoms with van der Waals surface area (Å²) in [5.74, 6) is -1.38. The van der Waals surface area contributed by atoms with Crippen LogP contribution in [0.3, 0.4) is 0 Å². The molecule has 22 rings (SSSR count). The summed E-state index contributed by atoms with van der Waals surface area (Å²) in [6, 6.07) is 75.5. The van der Waals surface area contributed by atoms with Crippen LogP contribution in [0.2, 0.25) is 0 Å². The zero-order valence-electron chi connectivity index (χ0n) is 75.2. The molecular formula is C111H81F2N5O16S4. The minimum atomic E-state index is -1.14. The largest absolute Gasteiger partial charge is 0.489 e. The highest BCUT2D eigenvalue weighted by atomic mass is 32.1. The molecule has 0 saturated heterocycles. The summed E-state index contributed by atoms with van der Waals surface area (Å²) in [7, 11) is 0.